The van der Waals surface area contributed by atoms with Gasteiger partial charge in [0.15, 0.2) is 5.75 Å². The molecule has 1 atom stereocenters. The van der Waals surface area contributed by atoms with E-state index in [2.05, 4.69) is 50.2 Å². The second-order valence-electron chi connectivity index (χ2n) is 5.52. The van der Waals surface area contributed by atoms with Gasteiger partial charge in [0, 0.05) is 7.05 Å². The summed E-state index contributed by atoms with van der Waals surface area (Å²) < 4.78 is 7.39. The highest BCUT2D eigenvalue weighted by Gasteiger charge is 2.24. The van der Waals surface area contributed by atoms with E-state index in [0.29, 0.717) is 0 Å². The lowest BCUT2D eigenvalue weighted by atomic mass is 9.92. The van der Waals surface area contributed by atoms with Crippen molar-refractivity contribution in [3.05, 3.63) is 46.3 Å². The number of nitrogens with one attached hydrogen (secondary N) is 1. The zero-order valence-electron chi connectivity index (χ0n) is 13.8. The van der Waals surface area contributed by atoms with Gasteiger partial charge in [-0.05, 0) is 44.0 Å². The number of rotatable bonds is 5. The Balaban J connectivity index is 2.62. The van der Waals surface area contributed by atoms with Crippen molar-refractivity contribution in [2.24, 2.45) is 7.05 Å². The second-order valence-corrected chi connectivity index (χ2v) is 5.52. The molecule has 1 N–H and O–H groups in total. The molecule has 0 radical (unpaired) electrons. The lowest BCUT2D eigenvalue weighted by Crippen LogP contribution is -2.26. The second kappa shape index (κ2) is 6.31. The van der Waals surface area contributed by atoms with Crippen molar-refractivity contribution in [1.29, 1.82) is 0 Å². The first kappa shape index (κ1) is 15.6. The molecule has 114 valence electrons. The first-order valence-electron chi connectivity index (χ1n) is 7.36. The van der Waals surface area contributed by atoms with Crippen LogP contribution in [0.2, 0.25) is 0 Å². The summed E-state index contributed by atoms with van der Waals surface area (Å²) in [5, 5.41) is 7.92. The number of methoxy groups -OCH3 is 1. The van der Waals surface area contributed by atoms with Crippen molar-refractivity contribution < 1.29 is 4.74 Å². The Labute approximate surface area is 127 Å². The van der Waals surface area contributed by atoms with Crippen LogP contribution in [0, 0.1) is 20.8 Å². The molecule has 0 amide bonds. The molecule has 1 unspecified atom stereocenters. The van der Waals surface area contributed by atoms with Gasteiger partial charge < -0.3 is 10.1 Å². The molecule has 2 rings (SSSR count). The summed E-state index contributed by atoms with van der Waals surface area (Å²) in [5.41, 5.74) is 6.25. The minimum Gasteiger partial charge on any atom is -0.493 e. The van der Waals surface area contributed by atoms with E-state index in [9.17, 15) is 0 Å². The first-order valence-corrected chi connectivity index (χ1v) is 7.36. The molecule has 0 saturated heterocycles. The summed E-state index contributed by atoms with van der Waals surface area (Å²) in [4.78, 5) is 0. The first-order chi connectivity index (χ1) is 9.99. The van der Waals surface area contributed by atoms with Crippen LogP contribution in [-0.2, 0) is 7.05 Å². The summed E-state index contributed by atoms with van der Waals surface area (Å²) in [5.74, 6) is 0.822. The van der Waals surface area contributed by atoms with Gasteiger partial charge in [-0.2, -0.15) is 5.10 Å². The van der Waals surface area contributed by atoms with Crippen molar-refractivity contribution in [2.45, 2.75) is 33.7 Å². The molecule has 1 aromatic carbocycles. The molecule has 4 nitrogen and oxygen atoms in total. The lowest BCUT2D eigenvalue weighted by molar-refractivity contribution is 0.401. The fourth-order valence-electron chi connectivity index (χ4n) is 3.10. The molecule has 2 aromatic rings. The Morgan fingerprint density at radius 3 is 2.38 bits per heavy atom. The van der Waals surface area contributed by atoms with E-state index >= 15 is 0 Å². The van der Waals surface area contributed by atoms with Crippen molar-refractivity contribution in [3.63, 3.8) is 0 Å². The van der Waals surface area contributed by atoms with Crippen molar-refractivity contribution in [1.82, 2.24) is 15.1 Å². The van der Waals surface area contributed by atoms with E-state index in [0.717, 1.165) is 18.0 Å². The molecule has 0 spiro atoms. The fraction of sp³-hybridized carbons (Fsp3) is 0.471. The Hall–Kier alpha value is -1.81. The molecule has 0 bridgehead atoms. The van der Waals surface area contributed by atoms with Gasteiger partial charge in [-0.25, -0.2) is 0 Å². The number of ether oxygens (including phenoxy) is 1. The maximum absolute atomic E-state index is 5.50. The van der Waals surface area contributed by atoms with Gasteiger partial charge in [-0.1, -0.05) is 24.6 Å². The van der Waals surface area contributed by atoms with Crippen LogP contribution < -0.4 is 10.1 Å². The van der Waals surface area contributed by atoms with Crippen LogP contribution in [0.4, 0.5) is 0 Å². The molecular weight excluding hydrogens is 262 g/mol. The maximum atomic E-state index is 5.50. The zero-order valence-corrected chi connectivity index (χ0v) is 13.8. The average molecular weight is 287 g/mol. The van der Waals surface area contributed by atoms with Crippen LogP contribution in [0.25, 0.3) is 0 Å². The maximum Gasteiger partial charge on any atom is 0.161 e. The number of aromatic nitrogens is 2. The normalized spacial score (nSPS) is 12.5. The quantitative estimate of drug-likeness (QED) is 0.918. The third-order valence-electron chi connectivity index (χ3n) is 3.88. The largest absolute Gasteiger partial charge is 0.493 e. The van der Waals surface area contributed by atoms with E-state index in [1.54, 1.807) is 13.3 Å². The Kier molecular flexibility index (Phi) is 4.68. The van der Waals surface area contributed by atoms with E-state index in [4.69, 9.17) is 4.74 Å². The number of benzene rings is 1. The summed E-state index contributed by atoms with van der Waals surface area (Å²) in [6, 6.07) is 4.54. The molecule has 21 heavy (non-hydrogen) atoms. The number of hydrogen-bond acceptors (Lipinski definition) is 3. The molecule has 0 saturated carbocycles. The standard InChI is InChI=1S/C17H25N3O/c1-7-18-16(17-14(21-6)10-19-20(17)5)15-12(3)8-11(2)9-13(15)4/h8-10,16,18H,7H2,1-6H3. The average Bonchev–Trinajstić information content (AvgIpc) is 2.77. The van der Waals surface area contributed by atoms with Gasteiger partial charge in [0.25, 0.3) is 0 Å². The molecule has 0 aliphatic heterocycles. The number of hydrogen-bond donors (Lipinski definition) is 1. The summed E-state index contributed by atoms with van der Waals surface area (Å²) in [7, 11) is 3.65. The number of nitrogens with zero attached hydrogens (tertiary/aromatic N) is 2. The highest BCUT2D eigenvalue weighted by atomic mass is 16.5. The fourth-order valence-corrected chi connectivity index (χ4v) is 3.10. The van der Waals surface area contributed by atoms with E-state index in [-0.39, 0.29) is 6.04 Å². The third-order valence-corrected chi connectivity index (χ3v) is 3.88. The van der Waals surface area contributed by atoms with Crippen LogP contribution >= 0.6 is 0 Å². The summed E-state index contributed by atoms with van der Waals surface area (Å²) in [6.45, 7) is 9.47. The van der Waals surface area contributed by atoms with Gasteiger partial charge in [-0.3, -0.25) is 4.68 Å². The molecule has 0 fully saturated rings. The van der Waals surface area contributed by atoms with Gasteiger partial charge >= 0.3 is 0 Å². The molecule has 1 heterocycles. The van der Waals surface area contributed by atoms with Gasteiger partial charge in [-0.15, -0.1) is 0 Å². The monoisotopic (exact) mass is 287 g/mol. The van der Waals surface area contributed by atoms with Crippen LogP contribution in [0.5, 0.6) is 5.75 Å². The molecular formula is C17H25N3O. The third kappa shape index (κ3) is 2.95. The molecule has 4 heteroatoms. The molecule has 0 aliphatic rings. The van der Waals surface area contributed by atoms with Crippen molar-refractivity contribution in [2.75, 3.05) is 13.7 Å². The van der Waals surface area contributed by atoms with Gasteiger partial charge in [0.2, 0.25) is 0 Å². The smallest absolute Gasteiger partial charge is 0.161 e. The molecule has 0 aliphatic carbocycles. The summed E-state index contributed by atoms with van der Waals surface area (Å²) >= 11 is 0. The zero-order chi connectivity index (χ0) is 15.6. The van der Waals surface area contributed by atoms with Crippen molar-refractivity contribution in [3.8, 4) is 5.75 Å². The van der Waals surface area contributed by atoms with E-state index in [1.165, 1.54) is 22.3 Å². The van der Waals surface area contributed by atoms with Crippen molar-refractivity contribution >= 4 is 0 Å². The Morgan fingerprint density at radius 1 is 1.24 bits per heavy atom. The van der Waals surface area contributed by atoms with Gasteiger partial charge in [0.05, 0.1) is 19.3 Å². The minimum atomic E-state index is 0.0815. The van der Waals surface area contributed by atoms with E-state index in [1.807, 2.05) is 11.7 Å². The predicted octanol–water partition coefficient (Wildman–Crippen LogP) is 3.05. The number of aryl methyl sites for hydroxylation is 4. The van der Waals surface area contributed by atoms with Gasteiger partial charge in [0.1, 0.15) is 5.69 Å². The van der Waals surface area contributed by atoms with Crippen LogP contribution in [0.15, 0.2) is 18.3 Å². The minimum absolute atomic E-state index is 0.0815. The molecule has 1 aromatic heterocycles. The highest BCUT2D eigenvalue weighted by Crippen LogP contribution is 2.33. The SMILES string of the molecule is CCNC(c1c(C)cc(C)cc1C)c1c(OC)cnn1C. The lowest BCUT2D eigenvalue weighted by Gasteiger charge is -2.24. The Bertz CT molecular complexity index is 608. The van der Waals surface area contributed by atoms with Crippen LogP contribution in [0.1, 0.15) is 40.9 Å². The summed E-state index contributed by atoms with van der Waals surface area (Å²) in [6.07, 6.45) is 1.78. The predicted molar refractivity (Wildman–Crippen MR) is 85.9 cm³/mol. The van der Waals surface area contributed by atoms with Crippen LogP contribution in [-0.4, -0.2) is 23.4 Å². The highest BCUT2D eigenvalue weighted by molar-refractivity contribution is 5.45. The topological polar surface area (TPSA) is 39.1 Å². The van der Waals surface area contributed by atoms with E-state index < -0.39 is 0 Å². The Morgan fingerprint density at radius 2 is 1.86 bits per heavy atom. The van der Waals surface area contributed by atoms with Crippen LogP contribution in [0.3, 0.4) is 0 Å².